The van der Waals surface area contributed by atoms with E-state index in [1.54, 1.807) is 11.1 Å². The molecule has 0 unspecified atom stereocenters. The number of aliphatic hydroxyl groups is 1. The third kappa shape index (κ3) is 3.99. The van der Waals surface area contributed by atoms with Crippen molar-refractivity contribution in [3.05, 3.63) is 66.0 Å². The fourth-order valence-electron chi connectivity index (χ4n) is 3.11. The van der Waals surface area contributed by atoms with Gasteiger partial charge in [-0.15, -0.1) is 0 Å². The Hall–Kier alpha value is -2.24. The molecule has 2 aromatic rings. The average molecular weight is 326 g/mol. The molecular formula is C19H22N2O3. The first-order valence-corrected chi connectivity index (χ1v) is 8.19. The van der Waals surface area contributed by atoms with Crippen molar-refractivity contribution in [3.63, 3.8) is 0 Å². The first-order valence-electron chi connectivity index (χ1n) is 8.19. The number of carbonyl (C=O) groups excluding carboxylic acids is 1. The van der Waals surface area contributed by atoms with Crippen molar-refractivity contribution >= 4 is 5.91 Å². The van der Waals surface area contributed by atoms with Crippen LogP contribution in [0, 0.1) is 5.92 Å². The molecule has 3 rings (SSSR count). The molecule has 0 aliphatic carbocycles. The van der Waals surface area contributed by atoms with Crippen molar-refractivity contribution in [3.8, 4) is 0 Å². The van der Waals surface area contributed by atoms with Gasteiger partial charge in [-0.3, -0.25) is 9.78 Å². The standard InChI is InChI=1S/C19H22N2O3/c22-12-16-10-21(11-17(16)18-8-4-5-9-20-18)19(23)14-24-13-15-6-2-1-3-7-15/h1-9,16-17,22H,10-14H2/t16-,17+/m0/s1. The second kappa shape index (κ2) is 8.04. The highest BCUT2D eigenvalue weighted by molar-refractivity contribution is 5.78. The minimum atomic E-state index is -0.0391. The number of rotatable bonds is 6. The molecule has 1 aliphatic rings. The van der Waals surface area contributed by atoms with Crippen LogP contribution < -0.4 is 0 Å². The van der Waals surface area contributed by atoms with Crippen molar-refractivity contribution in [1.29, 1.82) is 0 Å². The van der Waals surface area contributed by atoms with Crippen molar-refractivity contribution in [2.45, 2.75) is 12.5 Å². The Kier molecular flexibility index (Phi) is 5.56. The normalized spacial score (nSPS) is 20.3. The van der Waals surface area contributed by atoms with E-state index in [9.17, 15) is 9.90 Å². The third-order valence-electron chi connectivity index (χ3n) is 4.43. The van der Waals surface area contributed by atoms with Crippen LogP contribution in [0.3, 0.4) is 0 Å². The molecule has 1 N–H and O–H groups in total. The first kappa shape index (κ1) is 16.6. The van der Waals surface area contributed by atoms with Gasteiger partial charge in [-0.1, -0.05) is 36.4 Å². The highest BCUT2D eigenvalue weighted by Crippen LogP contribution is 2.31. The van der Waals surface area contributed by atoms with Crippen LogP contribution in [0.1, 0.15) is 17.2 Å². The topological polar surface area (TPSA) is 62.7 Å². The smallest absolute Gasteiger partial charge is 0.248 e. The Morgan fingerprint density at radius 1 is 1.17 bits per heavy atom. The summed E-state index contributed by atoms with van der Waals surface area (Å²) in [6.07, 6.45) is 1.75. The molecular weight excluding hydrogens is 304 g/mol. The van der Waals surface area contributed by atoms with Crippen LogP contribution >= 0.6 is 0 Å². The molecule has 126 valence electrons. The monoisotopic (exact) mass is 326 g/mol. The van der Waals surface area contributed by atoms with E-state index in [0.29, 0.717) is 19.7 Å². The number of benzene rings is 1. The van der Waals surface area contributed by atoms with Crippen molar-refractivity contribution in [1.82, 2.24) is 9.88 Å². The highest BCUT2D eigenvalue weighted by Gasteiger charge is 2.36. The zero-order chi connectivity index (χ0) is 16.8. The number of aliphatic hydroxyl groups excluding tert-OH is 1. The van der Waals surface area contributed by atoms with Crippen LogP contribution in [-0.2, 0) is 16.1 Å². The lowest BCUT2D eigenvalue weighted by Gasteiger charge is -2.16. The number of aromatic nitrogens is 1. The summed E-state index contributed by atoms with van der Waals surface area (Å²) in [5, 5.41) is 9.63. The van der Waals surface area contributed by atoms with E-state index in [2.05, 4.69) is 4.98 Å². The van der Waals surface area contributed by atoms with Crippen LogP contribution in [0.2, 0.25) is 0 Å². The molecule has 0 radical (unpaired) electrons. The van der Waals surface area contributed by atoms with Crippen LogP contribution in [0.25, 0.3) is 0 Å². The SMILES string of the molecule is O=C(COCc1ccccc1)N1C[C@@H](CO)[C@H](c2ccccn2)C1. The fraction of sp³-hybridized carbons (Fsp3) is 0.368. The Morgan fingerprint density at radius 3 is 2.67 bits per heavy atom. The fourth-order valence-corrected chi connectivity index (χ4v) is 3.11. The van der Waals surface area contributed by atoms with Crippen LogP contribution in [0.15, 0.2) is 54.7 Å². The molecule has 5 heteroatoms. The lowest BCUT2D eigenvalue weighted by atomic mass is 9.93. The van der Waals surface area contributed by atoms with Gasteiger partial charge in [-0.2, -0.15) is 0 Å². The average Bonchev–Trinajstić information content (AvgIpc) is 3.08. The van der Waals surface area contributed by atoms with Gasteiger partial charge in [0.15, 0.2) is 0 Å². The maximum Gasteiger partial charge on any atom is 0.248 e. The molecule has 1 aromatic carbocycles. The van der Waals surface area contributed by atoms with E-state index in [1.807, 2.05) is 48.5 Å². The summed E-state index contributed by atoms with van der Waals surface area (Å²) in [7, 11) is 0. The number of nitrogens with zero attached hydrogens (tertiary/aromatic N) is 2. The Labute approximate surface area is 141 Å². The van der Waals surface area contributed by atoms with E-state index >= 15 is 0 Å². The summed E-state index contributed by atoms with van der Waals surface area (Å²) in [5.41, 5.74) is 1.98. The van der Waals surface area contributed by atoms with Gasteiger partial charge in [0.25, 0.3) is 0 Å². The summed E-state index contributed by atoms with van der Waals surface area (Å²) in [6, 6.07) is 15.5. The highest BCUT2D eigenvalue weighted by atomic mass is 16.5. The van der Waals surface area contributed by atoms with Gasteiger partial charge in [-0.25, -0.2) is 0 Å². The summed E-state index contributed by atoms with van der Waals surface area (Å²) >= 11 is 0. The second-order valence-electron chi connectivity index (χ2n) is 6.08. The maximum atomic E-state index is 12.4. The number of hydrogen-bond acceptors (Lipinski definition) is 4. The predicted octanol–water partition coefficient (Wildman–Crippen LogP) is 1.83. The molecule has 0 spiro atoms. The number of carbonyl (C=O) groups is 1. The minimum absolute atomic E-state index is 0.0259. The van der Waals surface area contributed by atoms with Gasteiger partial charge in [0.05, 0.1) is 6.61 Å². The lowest BCUT2D eigenvalue weighted by Crippen LogP contribution is -2.32. The maximum absolute atomic E-state index is 12.4. The van der Waals surface area contributed by atoms with Crippen LogP contribution in [0.4, 0.5) is 0 Å². The van der Waals surface area contributed by atoms with E-state index < -0.39 is 0 Å². The van der Waals surface area contributed by atoms with E-state index in [4.69, 9.17) is 4.74 Å². The first-order chi connectivity index (χ1) is 11.8. The number of amides is 1. The molecule has 2 heterocycles. The lowest BCUT2D eigenvalue weighted by molar-refractivity contribution is -0.135. The molecule has 1 saturated heterocycles. The number of hydrogen-bond donors (Lipinski definition) is 1. The van der Waals surface area contributed by atoms with Crippen LogP contribution in [-0.4, -0.2) is 47.2 Å². The summed E-state index contributed by atoms with van der Waals surface area (Å²) in [5.74, 6) is 0.0649. The third-order valence-corrected chi connectivity index (χ3v) is 4.43. The zero-order valence-electron chi connectivity index (χ0n) is 13.5. The van der Waals surface area contributed by atoms with E-state index in [-0.39, 0.29) is 31.0 Å². The molecule has 24 heavy (non-hydrogen) atoms. The van der Waals surface area contributed by atoms with Gasteiger partial charge in [0, 0.05) is 43.4 Å². The van der Waals surface area contributed by atoms with E-state index in [1.165, 1.54) is 0 Å². The van der Waals surface area contributed by atoms with Gasteiger partial charge in [0.1, 0.15) is 6.61 Å². The van der Waals surface area contributed by atoms with Crippen molar-refractivity contribution in [2.24, 2.45) is 5.92 Å². The van der Waals surface area contributed by atoms with Crippen molar-refractivity contribution < 1.29 is 14.6 Å². The Bertz CT molecular complexity index is 648. The molecule has 0 saturated carbocycles. The molecule has 2 atom stereocenters. The molecule has 1 aromatic heterocycles. The quantitative estimate of drug-likeness (QED) is 0.880. The number of pyridine rings is 1. The number of likely N-dealkylation sites (tertiary alicyclic amines) is 1. The Balaban J connectivity index is 1.54. The molecule has 1 fully saturated rings. The molecule has 0 bridgehead atoms. The van der Waals surface area contributed by atoms with Gasteiger partial charge in [-0.05, 0) is 17.7 Å². The number of ether oxygens (including phenoxy) is 1. The summed E-state index contributed by atoms with van der Waals surface area (Å²) in [6.45, 7) is 1.66. The summed E-state index contributed by atoms with van der Waals surface area (Å²) in [4.78, 5) is 18.5. The Morgan fingerprint density at radius 2 is 1.96 bits per heavy atom. The second-order valence-corrected chi connectivity index (χ2v) is 6.08. The van der Waals surface area contributed by atoms with E-state index in [0.717, 1.165) is 11.3 Å². The zero-order valence-corrected chi connectivity index (χ0v) is 13.5. The molecule has 5 nitrogen and oxygen atoms in total. The largest absolute Gasteiger partial charge is 0.396 e. The predicted molar refractivity (Wildman–Crippen MR) is 90.2 cm³/mol. The summed E-state index contributed by atoms with van der Waals surface area (Å²) < 4.78 is 5.53. The van der Waals surface area contributed by atoms with Gasteiger partial charge in [0.2, 0.25) is 5.91 Å². The van der Waals surface area contributed by atoms with Gasteiger partial charge >= 0.3 is 0 Å². The molecule has 1 amide bonds. The minimum Gasteiger partial charge on any atom is -0.396 e. The van der Waals surface area contributed by atoms with Crippen LogP contribution in [0.5, 0.6) is 0 Å². The van der Waals surface area contributed by atoms with Gasteiger partial charge < -0.3 is 14.7 Å². The molecule has 1 aliphatic heterocycles. The van der Waals surface area contributed by atoms with Crippen molar-refractivity contribution in [2.75, 3.05) is 26.3 Å².